The maximum absolute atomic E-state index is 5.87. The van der Waals surface area contributed by atoms with E-state index in [2.05, 4.69) is 23.5 Å². The Bertz CT molecular complexity index is 559. The van der Waals surface area contributed by atoms with Crippen LogP contribution in [0.4, 0.5) is 5.69 Å². The van der Waals surface area contributed by atoms with Gasteiger partial charge in [-0.25, -0.2) is 0 Å². The van der Waals surface area contributed by atoms with Gasteiger partial charge >= 0.3 is 0 Å². The molecule has 1 heterocycles. The van der Waals surface area contributed by atoms with Crippen LogP contribution < -0.4 is 15.8 Å². The largest absolute Gasteiger partial charge is 0.457 e. The summed E-state index contributed by atoms with van der Waals surface area (Å²) >= 11 is 0. The Hall–Kier alpha value is -2.00. The van der Waals surface area contributed by atoms with Gasteiger partial charge in [-0.3, -0.25) is 0 Å². The van der Waals surface area contributed by atoms with Gasteiger partial charge < -0.3 is 15.8 Å². The Morgan fingerprint density at radius 1 is 1.10 bits per heavy atom. The fourth-order valence-electron chi connectivity index (χ4n) is 2.63. The van der Waals surface area contributed by atoms with E-state index in [0.717, 1.165) is 42.6 Å². The summed E-state index contributed by atoms with van der Waals surface area (Å²) in [6.45, 7) is 2.27. The molecule has 1 fully saturated rings. The third-order valence-corrected chi connectivity index (χ3v) is 3.70. The first-order valence-corrected chi connectivity index (χ1v) is 7.13. The Balaban J connectivity index is 1.68. The summed E-state index contributed by atoms with van der Waals surface area (Å²) in [5.74, 6) is 2.46. The number of hydrogen-bond donors (Lipinski definition) is 2. The number of benzene rings is 2. The summed E-state index contributed by atoms with van der Waals surface area (Å²) in [5.41, 5.74) is 7.76. The molecule has 3 heteroatoms. The van der Waals surface area contributed by atoms with E-state index in [9.17, 15) is 0 Å². The maximum Gasteiger partial charge on any atom is 0.127 e. The van der Waals surface area contributed by atoms with Crippen molar-refractivity contribution < 1.29 is 4.74 Å². The zero-order valence-corrected chi connectivity index (χ0v) is 11.5. The highest BCUT2D eigenvalue weighted by atomic mass is 16.5. The molecule has 1 aliphatic rings. The molecule has 0 aliphatic carbocycles. The van der Waals surface area contributed by atoms with Crippen LogP contribution in [0, 0.1) is 5.92 Å². The molecule has 0 radical (unpaired) electrons. The molecule has 0 bridgehead atoms. The van der Waals surface area contributed by atoms with Crippen LogP contribution in [0.3, 0.4) is 0 Å². The van der Waals surface area contributed by atoms with Crippen LogP contribution in [0.1, 0.15) is 12.0 Å². The Labute approximate surface area is 119 Å². The molecule has 1 aliphatic heterocycles. The number of anilines is 1. The second-order valence-electron chi connectivity index (χ2n) is 5.38. The summed E-state index contributed by atoms with van der Waals surface area (Å²) in [7, 11) is 0. The first-order valence-electron chi connectivity index (χ1n) is 7.13. The van der Waals surface area contributed by atoms with Crippen molar-refractivity contribution in [3.8, 4) is 11.5 Å². The molecule has 20 heavy (non-hydrogen) atoms. The molecule has 104 valence electrons. The molecule has 0 aromatic heterocycles. The van der Waals surface area contributed by atoms with Crippen molar-refractivity contribution in [1.82, 2.24) is 5.32 Å². The molecule has 3 N–H and O–H groups in total. The lowest BCUT2D eigenvalue weighted by Gasteiger charge is -2.11. The highest BCUT2D eigenvalue weighted by molar-refractivity contribution is 5.43. The molecule has 3 nitrogen and oxygen atoms in total. The zero-order valence-electron chi connectivity index (χ0n) is 11.5. The number of ether oxygens (including phenoxy) is 1. The molecule has 1 unspecified atom stereocenters. The summed E-state index contributed by atoms with van der Waals surface area (Å²) in [6.07, 6.45) is 2.38. The van der Waals surface area contributed by atoms with Gasteiger partial charge in [0.05, 0.1) is 0 Å². The maximum atomic E-state index is 5.87. The summed E-state index contributed by atoms with van der Waals surface area (Å²) < 4.78 is 5.87. The first kappa shape index (κ1) is 13.0. The SMILES string of the molecule is Nc1ccc(Oc2cccc(CC3CCNC3)c2)cc1. The average molecular weight is 268 g/mol. The van der Waals surface area contributed by atoms with Crippen LogP contribution >= 0.6 is 0 Å². The predicted octanol–water partition coefficient (Wildman–Crippen LogP) is 3.21. The topological polar surface area (TPSA) is 47.3 Å². The van der Waals surface area contributed by atoms with E-state index < -0.39 is 0 Å². The van der Waals surface area contributed by atoms with Crippen LogP contribution in [0.15, 0.2) is 48.5 Å². The standard InChI is InChI=1S/C17H20N2O/c18-15-4-6-16(7-5-15)20-17-3-1-2-13(11-17)10-14-8-9-19-12-14/h1-7,11,14,19H,8-10,12,18H2. The van der Waals surface area contributed by atoms with Crippen molar-refractivity contribution in [3.05, 3.63) is 54.1 Å². The Morgan fingerprint density at radius 3 is 2.70 bits per heavy atom. The van der Waals surface area contributed by atoms with Crippen LogP contribution in [-0.2, 0) is 6.42 Å². The molecule has 0 spiro atoms. The van der Waals surface area contributed by atoms with Crippen molar-refractivity contribution in [1.29, 1.82) is 0 Å². The van der Waals surface area contributed by atoms with Gasteiger partial charge in [-0.1, -0.05) is 12.1 Å². The van der Waals surface area contributed by atoms with Crippen LogP contribution in [0.2, 0.25) is 0 Å². The molecule has 0 saturated carbocycles. The summed E-state index contributed by atoms with van der Waals surface area (Å²) in [4.78, 5) is 0. The van der Waals surface area contributed by atoms with E-state index in [1.54, 1.807) is 0 Å². The average Bonchev–Trinajstić information content (AvgIpc) is 2.95. The van der Waals surface area contributed by atoms with Crippen LogP contribution in [-0.4, -0.2) is 13.1 Å². The minimum atomic E-state index is 0.750. The summed E-state index contributed by atoms with van der Waals surface area (Å²) in [6, 6.07) is 15.8. The molecule has 2 aromatic carbocycles. The Kier molecular flexibility index (Phi) is 3.88. The molecule has 0 amide bonds. The van der Waals surface area contributed by atoms with Crippen molar-refractivity contribution in [2.75, 3.05) is 18.8 Å². The van der Waals surface area contributed by atoms with Crippen molar-refractivity contribution >= 4 is 5.69 Å². The quantitative estimate of drug-likeness (QED) is 0.837. The van der Waals surface area contributed by atoms with Gasteiger partial charge in [-0.15, -0.1) is 0 Å². The van der Waals surface area contributed by atoms with Crippen LogP contribution in [0.5, 0.6) is 11.5 Å². The zero-order chi connectivity index (χ0) is 13.8. The van der Waals surface area contributed by atoms with Gasteiger partial charge in [0.25, 0.3) is 0 Å². The van der Waals surface area contributed by atoms with Gasteiger partial charge in [0.1, 0.15) is 11.5 Å². The second-order valence-corrected chi connectivity index (χ2v) is 5.38. The highest BCUT2D eigenvalue weighted by Gasteiger charge is 2.14. The third-order valence-electron chi connectivity index (χ3n) is 3.70. The normalized spacial score (nSPS) is 18.1. The molecule has 1 saturated heterocycles. The number of nitrogens with two attached hydrogens (primary N) is 1. The fourth-order valence-corrected chi connectivity index (χ4v) is 2.63. The van der Waals surface area contributed by atoms with Crippen molar-refractivity contribution in [2.45, 2.75) is 12.8 Å². The molecule has 3 rings (SSSR count). The lowest BCUT2D eigenvalue weighted by molar-refractivity contribution is 0.481. The minimum absolute atomic E-state index is 0.750. The first-order chi connectivity index (χ1) is 9.79. The van der Waals surface area contributed by atoms with E-state index in [-0.39, 0.29) is 0 Å². The van der Waals surface area contributed by atoms with Crippen molar-refractivity contribution in [3.63, 3.8) is 0 Å². The van der Waals surface area contributed by atoms with E-state index in [4.69, 9.17) is 10.5 Å². The Morgan fingerprint density at radius 2 is 1.95 bits per heavy atom. The number of rotatable bonds is 4. The summed E-state index contributed by atoms with van der Waals surface area (Å²) in [5, 5.41) is 3.41. The second kappa shape index (κ2) is 5.97. The predicted molar refractivity (Wildman–Crippen MR) is 82.1 cm³/mol. The van der Waals surface area contributed by atoms with Crippen LogP contribution in [0.25, 0.3) is 0 Å². The molecule has 1 atom stereocenters. The fraction of sp³-hybridized carbons (Fsp3) is 0.294. The van der Waals surface area contributed by atoms with E-state index in [1.807, 2.05) is 30.3 Å². The van der Waals surface area contributed by atoms with E-state index in [1.165, 1.54) is 12.0 Å². The molecule has 2 aromatic rings. The monoisotopic (exact) mass is 268 g/mol. The lowest BCUT2D eigenvalue weighted by Crippen LogP contribution is -2.10. The third kappa shape index (κ3) is 3.31. The smallest absolute Gasteiger partial charge is 0.127 e. The van der Waals surface area contributed by atoms with Gasteiger partial charge in [0.15, 0.2) is 0 Å². The number of hydrogen-bond acceptors (Lipinski definition) is 3. The van der Waals surface area contributed by atoms with E-state index in [0.29, 0.717) is 0 Å². The van der Waals surface area contributed by atoms with Gasteiger partial charge in [-0.05, 0) is 73.8 Å². The van der Waals surface area contributed by atoms with Gasteiger partial charge in [0, 0.05) is 5.69 Å². The lowest BCUT2D eigenvalue weighted by atomic mass is 9.99. The minimum Gasteiger partial charge on any atom is -0.457 e. The molecular formula is C17H20N2O. The van der Waals surface area contributed by atoms with Gasteiger partial charge in [-0.2, -0.15) is 0 Å². The number of nitrogens with one attached hydrogen (secondary N) is 1. The molecular weight excluding hydrogens is 248 g/mol. The van der Waals surface area contributed by atoms with Crippen molar-refractivity contribution in [2.24, 2.45) is 5.92 Å². The van der Waals surface area contributed by atoms with E-state index >= 15 is 0 Å². The highest BCUT2D eigenvalue weighted by Crippen LogP contribution is 2.24. The number of nitrogen functional groups attached to an aromatic ring is 1. The van der Waals surface area contributed by atoms with Gasteiger partial charge in [0.2, 0.25) is 0 Å².